The van der Waals surface area contributed by atoms with Gasteiger partial charge in [-0.1, -0.05) is 48.5 Å². The van der Waals surface area contributed by atoms with Gasteiger partial charge in [-0.15, -0.1) is 0 Å². The predicted octanol–water partition coefficient (Wildman–Crippen LogP) is 4.98. The standard InChI is InChI=1S/C43H38N10O5/c44-38-37-36(27-13-15-28(16-14-27)40(55)48-33-8-1-2-19-45-33)50-39(52(37)22-20-46-38)31-7-4-21-51(31)24-26-11-9-25(10-12-26)23-47-30-6-3-5-29-35(30)43(58)53(42(29)57)32-17-18-34(54)49-41(32)56/h1-3,5-6,8-16,19-20,22,31-32,47H,4,7,17-18,21,23-24H2,(H2,44,46)(H,45,48,55)(H,49,54,56)/t31-,32?/m0/s1. The van der Waals surface area contributed by atoms with Crippen LogP contribution in [-0.4, -0.2) is 71.3 Å². The Morgan fingerprint density at radius 3 is 2.43 bits per heavy atom. The number of carbonyl (C=O) groups is 5. The Labute approximate surface area is 332 Å². The number of pyridine rings is 1. The summed E-state index contributed by atoms with van der Waals surface area (Å²) in [6.45, 7) is 1.99. The lowest BCUT2D eigenvalue weighted by atomic mass is 10.0. The molecule has 1 unspecified atom stereocenters. The maximum Gasteiger partial charge on any atom is 0.264 e. The van der Waals surface area contributed by atoms with Crippen molar-refractivity contribution in [3.8, 4) is 11.3 Å². The highest BCUT2D eigenvalue weighted by molar-refractivity contribution is 6.25. The summed E-state index contributed by atoms with van der Waals surface area (Å²) in [5.74, 6) is -0.704. The number of nitrogens with two attached hydrogens (primary N) is 1. The van der Waals surface area contributed by atoms with Crippen molar-refractivity contribution in [1.29, 1.82) is 0 Å². The molecule has 2 saturated heterocycles. The van der Waals surface area contributed by atoms with Crippen LogP contribution in [0.1, 0.15) is 79.8 Å². The fraction of sp³-hybridized carbons (Fsp3) is 0.209. The molecule has 6 aromatic rings. The van der Waals surface area contributed by atoms with Gasteiger partial charge in [0.25, 0.3) is 17.7 Å². The van der Waals surface area contributed by atoms with E-state index in [9.17, 15) is 24.0 Å². The quantitative estimate of drug-likeness (QED) is 0.137. The molecule has 2 atom stereocenters. The Kier molecular flexibility index (Phi) is 9.41. The molecule has 15 heteroatoms. The fourth-order valence-electron chi connectivity index (χ4n) is 8.09. The van der Waals surface area contributed by atoms with Crippen molar-refractivity contribution in [2.24, 2.45) is 0 Å². The molecule has 3 aliphatic rings. The summed E-state index contributed by atoms with van der Waals surface area (Å²) in [4.78, 5) is 81.0. The Morgan fingerprint density at radius 1 is 0.845 bits per heavy atom. The second kappa shape index (κ2) is 15.0. The highest BCUT2D eigenvalue weighted by Crippen LogP contribution is 2.38. The zero-order valence-corrected chi connectivity index (χ0v) is 31.2. The number of anilines is 3. The molecule has 2 fully saturated rings. The van der Waals surface area contributed by atoms with Crippen LogP contribution < -0.4 is 21.7 Å². The molecular weight excluding hydrogens is 737 g/mol. The zero-order chi connectivity index (χ0) is 39.9. The molecule has 0 saturated carbocycles. The van der Waals surface area contributed by atoms with Crippen LogP contribution in [0.2, 0.25) is 0 Å². The van der Waals surface area contributed by atoms with E-state index in [2.05, 4.69) is 43.0 Å². The average Bonchev–Trinajstić information content (AvgIpc) is 3.93. The first-order valence-corrected chi connectivity index (χ1v) is 19.1. The summed E-state index contributed by atoms with van der Waals surface area (Å²) >= 11 is 0. The Balaban J connectivity index is 0.887. The van der Waals surface area contributed by atoms with Crippen molar-refractivity contribution in [3.63, 3.8) is 0 Å². The number of nitrogens with zero attached hydrogens (tertiary/aromatic N) is 6. The normalized spacial score (nSPS) is 18.1. The summed E-state index contributed by atoms with van der Waals surface area (Å²) < 4.78 is 2.03. The average molecular weight is 775 g/mol. The Morgan fingerprint density at radius 2 is 1.66 bits per heavy atom. The van der Waals surface area contributed by atoms with Crippen LogP contribution in [0.4, 0.5) is 17.3 Å². The third kappa shape index (κ3) is 6.70. The van der Waals surface area contributed by atoms with Crippen molar-refractivity contribution >= 4 is 52.4 Å². The van der Waals surface area contributed by atoms with Gasteiger partial charge in [-0.25, -0.2) is 15.0 Å². The SMILES string of the molecule is Nc1nccn2c([C@@H]3CCCN3Cc3ccc(CNc4cccc5c4C(=O)N(C4CCC(=O)NC4=O)C5=O)cc3)nc(-c3ccc(C(=O)Nc4ccccn4)cc3)c12. The molecule has 9 rings (SSSR count). The molecule has 3 aromatic carbocycles. The first-order valence-electron chi connectivity index (χ1n) is 19.1. The van der Waals surface area contributed by atoms with Crippen molar-refractivity contribution in [3.05, 3.63) is 137 Å². The highest BCUT2D eigenvalue weighted by Gasteiger charge is 2.45. The molecule has 3 aliphatic heterocycles. The molecule has 15 nitrogen and oxygen atoms in total. The first-order chi connectivity index (χ1) is 28.2. The van der Waals surface area contributed by atoms with Crippen LogP contribution in [0, 0.1) is 0 Å². The van der Waals surface area contributed by atoms with Gasteiger partial charge in [0.15, 0.2) is 0 Å². The lowest BCUT2D eigenvalue weighted by molar-refractivity contribution is -0.136. The second-order valence-corrected chi connectivity index (χ2v) is 14.6. The van der Waals surface area contributed by atoms with Gasteiger partial charge in [0.05, 0.1) is 17.2 Å². The van der Waals surface area contributed by atoms with E-state index in [1.54, 1.807) is 54.9 Å². The number of imide groups is 2. The summed E-state index contributed by atoms with van der Waals surface area (Å²) in [5, 5.41) is 8.36. The lowest BCUT2D eigenvalue weighted by Crippen LogP contribution is -2.54. The number of fused-ring (bicyclic) bond motifs is 2. The van der Waals surface area contributed by atoms with E-state index in [1.165, 1.54) is 0 Å². The van der Waals surface area contributed by atoms with Crippen LogP contribution in [0.5, 0.6) is 0 Å². The third-order valence-electron chi connectivity index (χ3n) is 11.0. The van der Waals surface area contributed by atoms with Crippen LogP contribution in [-0.2, 0) is 22.7 Å². The Bertz CT molecular complexity index is 2610. The van der Waals surface area contributed by atoms with E-state index in [0.29, 0.717) is 47.2 Å². The van der Waals surface area contributed by atoms with E-state index in [0.717, 1.165) is 46.8 Å². The van der Waals surface area contributed by atoms with Gasteiger partial charge in [0.1, 0.15) is 34.7 Å². The van der Waals surface area contributed by atoms with Crippen molar-refractivity contribution in [1.82, 2.24) is 34.5 Å². The number of piperidine rings is 1. The number of benzene rings is 3. The lowest BCUT2D eigenvalue weighted by Gasteiger charge is -2.27. The predicted molar refractivity (Wildman–Crippen MR) is 214 cm³/mol. The molecule has 5 N–H and O–H groups in total. The van der Waals surface area contributed by atoms with Crippen LogP contribution in [0.15, 0.2) is 104 Å². The Hall–Kier alpha value is -7.26. The molecule has 5 amide bonds. The van der Waals surface area contributed by atoms with Gasteiger partial charge in [-0.2, -0.15) is 0 Å². The number of hydrogen-bond donors (Lipinski definition) is 4. The van der Waals surface area contributed by atoms with E-state index in [-0.39, 0.29) is 35.9 Å². The van der Waals surface area contributed by atoms with Crippen molar-refractivity contribution in [2.75, 3.05) is 22.9 Å². The maximum atomic E-state index is 13.5. The molecule has 58 heavy (non-hydrogen) atoms. The molecule has 3 aromatic heterocycles. The van der Waals surface area contributed by atoms with Gasteiger partial charge < -0.3 is 16.4 Å². The number of likely N-dealkylation sites (tertiary alicyclic amines) is 1. The van der Waals surface area contributed by atoms with Crippen molar-refractivity contribution in [2.45, 2.75) is 50.9 Å². The van der Waals surface area contributed by atoms with Gasteiger partial charge in [0, 0.05) is 54.9 Å². The van der Waals surface area contributed by atoms with E-state index in [1.807, 2.05) is 40.9 Å². The first kappa shape index (κ1) is 36.4. The van der Waals surface area contributed by atoms with E-state index < -0.39 is 29.7 Å². The molecule has 0 bridgehead atoms. The number of carbonyl (C=O) groups excluding carboxylic acids is 5. The highest BCUT2D eigenvalue weighted by atomic mass is 16.2. The minimum absolute atomic E-state index is 0.0213. The van der Waals surface area contributed by atoms with Crippen molar-refractivity contribution < 1.29 is 24.0 Å². The van der Waals surface area contributed by atoms with Gasteiger partial charge in [0.2, 0.25) is 11.8 Å². The van der Waals surface area contributed by atoms with E-state index in [4.69, 9.17) is 10.7 Å². The van der Waals surface area contributed by atoms with Crippen LogP contribution in [0.25, 0.3) is 16.8 Å². The number of nitrogen functional groups attached to an aromatic ring is 1. The maximum absolute atomic E-state index is 13.5. The molecule has 290 valence electrons. The second-order valence-electron chi connectivity index (χ2n) is 14.6. The number of nitrogens with one attached hydrogen (secondary N) is 3. The van der Waals surface area contributed by atoms with Gasteiger partial charge in [-0.05, 0) is 73.3 Å². The number of imidazole rings is 1. The summed E-state index contributed by atoms with van der Waals surface area (Å²) in [6, 6.07) is 24.9. The van der Waals surface area contributed by atoms with Crippen LogP contribution in [0.3, 0.4) is 0 Å². The number of amides is 5. The van der Waals surface area contributed by atoms with Gasteiger partial charge in [-0.3, -0.25) is 43.5 Å². The monoisotopic (exact) mass is 774 g/mol. The molecule has 6 heterocycles. The number of aromatic nitrogens is 4. The topological polar surface area (TPSA) is 197 Å². The number of hydrogen-bond acceptors (Lipinski definition) is 11. The minimum Gasteiger partial charge on any atom is -0.382 e. The smallest absolute Gasteiger partial charge is 0.264 e. The largest absolute Gasteiger partial charge is 0.382 e. The fourth-order valence-corrected chi connectivity index (χ4v) is 8.09. The molecule has 0 radical (unpaired) electrons. The zero-order valence-electron chi connectivity index (χ0n) is 31.2. The molecular formula is C43H38N10O5. The van der Waals surface area contributed by atoms with Gasteiger partial charge >= 0.3 is 0 Å². The third-order valence-corrected chi connectivity index (χ3v) is 11.0. The van der Waals surface area contributed by atoms with Crippen LogP contribution >= 0.6 is 0 Å². The minimum atomic E-state index is -1.03. The number of rotatable bonds is 10. The molecule has 0 aliphatic carbocycles. The van der Waals surface area contributed by atoms with E-state index >= 15 is 0 Å². The summed E-state index contributed by atoms with van der Waals surface area (Å²) in [5.41, 5.74) is 12.2. The summed E-state index contributed by atoms with van der Waals surface area (Å²) in [6.07, 6.45) is 7.27. The molecule has 0 spiro atoms. The summed E-state index contributed by atoms with van der Waals surface area (Å²) in [7, 11) is 0.